The van der Waals surface area contributed by atoms with E-state index in [1.807, 2.05) is 41.8 Å². The summed E-state index contributed by atoms with van der Waals surface area (Å²) in [4.78, 5) is 14.6. The van der Waals surface area contributed by atoms with Crippen LogP contribution in [0.3, 0.4) is 0 Å². The third-order valence-electron chi connectivity index (χ3n) is 3.47. The number of carbonyl (C=O) groups is 1. The summed E-state index contributed by atoms with van der Waals surface area (Å²) in [6.45, 7) is 5.80. The van der Waals surface area contributed by atoms with Crippen molar-refractivity contribution in [3.8, 4) is 11.8 Å². The van der Waals surface area contributed by atoms with Gasteiger partial charge in [0.05, 0.1) is 6.61 Å². The molecule has 0 aliphatic carbocycles. The monoisotopic (exact) mass is 303 g/mol. The van der Waals surface area contributed by atoms with Gasteiger partial charge in [-0.3, -0.25) is 4.79 Å². The lowest BCUT2D eigenvalue weighted by molar-refractivity contribution is 0.0762. The first-order valence-electron chi connectivity index (χ1n) is 7.23. The largest absolute Gasteiger partial charge is 0.395 e. The summed E-state index contributed by atoms with van der Waals surface area (Å²) in [5, 5.41) is 9.26. The Balaban J connectivity index is 2.20. The topological polar surface area (TPSA) is 40.5 Å². The number of benzene rings is 1. The van der Waals surface area contributed by atoms with Crippen LogP contribution in [0.15, 0.2) is 18.2 Å². The molecule has 1 fully saturated rings. The molecule has 3 nitrogen and oxygen atoms in total. The standard InChI is InChI=1S/C17H21NO2S/c1-13-6-7-15(5-3-4-9-19)11-16(13)17(20)18-8-10-21-14(2)12-18/h6-7,11,14,19H,4,8-10,12H2,1-2H3. The van der Waals surface area contributed by atoms with Gasteiger partial charge in [-0.25, -0.2) is 0 Å². The van der Waals surface area contributed by atoms with Gasteiger partial charge in [0.15, 0.2) is 0 Å². The van der Waals surface area contributed by atoms with Gasteiger partial charge in [-0.1, -0.05) is 24.8 Å². The number of aryl methyl sites for hydroxylation is 1. The molecular weight excluding hydrogens is 282 g/mol. The summed E-state index contributed by atoms with van der Waals surface area (Å²) >= 11 is 1.92. The lowest BCUT2D eigenvalue weighted by Gasteiger charge is -2.31. The molecule has 1 aromatic rings. The van der Waals surface area contributed by atoms with Crippen molar-refractivity contribution in [3.05, 3.63) is 34.9 Å². The quantitative estimate of drug-likeness (QED) is 0.852. The third kappa shape index (κ3) is 4.26. The van der Waals surface area contributed by atoms with Crippen LogP contribution in [-0.2, 0) is 0 Å². The maximum atomic E-state index is 12.7. The zero-order chi connectivity index (χ0) is 15.2. The second kappa shape index (κ2) is 7.53. The Morgan fingerprint density at radius 2 is 2.33 bits per heavy atom. The highest BCUT2D eigenvalue weighted by atomic mass is 32.2. The minimum absolute atomic E-state index is 0.0635. The van der Waals surface area contributed by atoms with E-state index in [2.05, 4.69) is 18.8 Å². The molecule has 0 radical (unpaired) electrons. The van der Waals surface area contributed by atoms with Gasteiger partial charge in [-0.2, -0.15) is 11.8 Å². The first-order chi connectivity index (χ1) is 10.1. The van der Waals surface area contributed by atoms with Crippen molar-refractivity contribution in [2.75, 3.05) is 25.4 Å². The summed E-state index contributed by atoms with van der Waals surface area (Å²) < 4.78 is 0. The average molecular weight is 303 g/mol. The van der Waals surface area contributed by atoms with Crippen LogP contribution < -0.4 is 0 Å². The molecule has 1 amide bonds. The maximum Gasteiger partial charge on any atom is 0.254 e. The molecule has 0 aromatic heterocycles. The maximum absolute atomic E-state index is 12.7. The van der Waals surface area contributed by atoms with Gasteiger partial charge >= 0.3 is 0 Å². The molecule has 1 unspecified atom stereocenters. The molecule has 0 saturated carbocycles. The SMILES string of the molecule is Cc1ccc(C#CCCO)cc1C(=O)N1CCSC(C)C1. The molecule has 1 aliphatic heterocycles. The summed E-state index contributed by atoms with van der Waals surface area (Å²) in [5.41, 5.74) is 2.56. The predicted octanol–water partition coefficient (Wildman–Crippen LogP) is 2.31. The number of aliphatic hydroxyl groups excluding tert-OH is 1. The molecule has 0 spiro atoms. The number of nitrogens with zero attached hydrogens (tertiary/aromatic N) is 1. The minimum Gasteiger partial charge on any atom is -0.395 e. The van der Waals surface area contributed by atoms with Crippen LogP contribution in [-0.4, -0.2) is 46.6 Å². The molecule has 2 rings (SSSR count). The number of hydrogen-bond acceptors (Lipinski definition) is 3. The Bertz CT molecular complexity index is 574. The van der Waals surface area contributed by atoms with Crippen LogP contribution in [0.5, 0.6) is 0 Å². The average Bonchev–Trinajstić information content (AvgIpc) is 2.48. The minimum atomic E-state index is 0.0635. The smallest absolute Gasteiger partial charge is 0.254 e. The Labute approximate surface area is 130 Å². The summed E-state index contributed by atoms with van der Waals surface area (Å²) in [6.07, 6.45) is 0.456. The number of rotatable bonds is 2. The molecular formula is C17H21NO2S. The Morgan fingerprint density at radius 1 is 1.52 bits per heavy atom. The van der Waals surface area contributed by atoms with Crippen LogP contribution in [0.1, 0.15) is 34.8 Å². The number of carbonyl (C=O) groups excluding carboxylic acids is 1. The van der Waals surface area contributed by atoms with E-state index in [9.17, 15) is 4.79 Å². The van der Waals surface area contributed by atoms with Gasteiger partial charge in [-0.15, -0.1) is 0 Å². The predicted molar refractivity (Wildman–Crippen MR) is 87.6 cm³/mol. The van der Waals surface area contributed by atoms with Crippen molar-refractivity contribution in [1.29, 1.82) is 0 Å². The van der Waals surface area contributed by atoms with Crippen LogP contribution in [0.2, 0.25) is 0 Å². The van der Waals surface area contributed by atoms with Crippen LogP contribution in [0.4, 0.5) is 0 Å². The van der Waals surface area contributed by atoms with Gasteiger partial charge in [0.2, 0.25) is 0 Å². The Morgan fingerprint density at radius 3 is 3.05 bits per heavy atom. The van der Waals surface area contributed by atoms with Gasteiger partial charge in [0.1, 0.15) is 0 Å². The lowest BCUT2D eigenvalue weighted by Crippen LogP contribution is -2.41. The summed E-state index contributed by atoms with van der Waals surface area (Å²) in [7, 11) is 0. The number of amides is 1. The highest BCUT2D eigenvalue weighted by Gasteiger charge is 2.23. The van der Waals surface area contributed by atoms with E-state index in [4.69, 9.17) is 5.11 Å². The van der Waals surface area contributed by atoms with Crippen molar-refractivity contribution >= 4 is 17.7 Å². The fourth-order valence-electron chi connectivity index (χ4n) is 2.32. The second-order valence-corrected chi connectivity index (χ2v) is 6.78. The van der Waals surface area contributed by atoms with Crippen LogP contribution in [0.25, 0.3) is 0 Å². The zero-order valence-electron chi connectivity index (χ0n) is 12.6. The van der Waals surface area contributed by atoms with Crippen molar-refractivity contribution in [1.82, 2.24) is 4.90 Å². The first-order valence-corrected chi connectivity index (χ1v) is 8.28. The zero-order valence-corrected chi connectivity index (χ0v) is 13.4. The van der Waals surface area contributed by atoms with Crippen molar-refractivity contribution in [2.45, 2.75) is 25.5 Å². The highest BCUT2D eigenvalue weighted by Crippen LogP contribution is 2.21. The molecule has 112 valence electrons. The number of aliphatic hydroxyl groups is 1. The van der Waals surface area contributed by atoms with Gasteiger partial charge in [-0.05, 0) is 24.6 Å². The molecule has 21 heavy (non-hydrogen) atoms. The van der Waals surface area contributed by atoms with Crippen molar-refractivity contribution in [2.24, 2.45) is 0 Å². The molecule has 1 heterocycles. The second-order valence-electron chi connectivity index (χ2n) is 5.24. The fraction of sp³-hybridized carbons (Fsp3) is 0.471. The van der Waals surface area contributed by atoms with Gasteiger partial charge in [0, 0.05) is 41.6 Å². The first kappa shape index (κ1) is 15.9. The van der Waals surface area contributed by atoms with E-state index in [-0.39, 0.29) is 12.5 Å². The van der Waals surface area contributed by atoms with E-state index in [0.717, 1.165) is 35.5 Å². The van der Waals surface area contributed by atoms with Crippen LogP contribution >= 0.6 is 11.8 Å². The van der Waals surface area contributed by atoms with Gasteiger partial charge in [0.25, 0.3) is 5.91 Å². The molecule has 1 atom stereocenters. The number of thioether (sulfide) groups is 1. The molecule has 1 N–H and O–H groups in total. The fourth-order valence-corrected chi connectivity index (χ4v) is 3.34. The Hall–Kier alpha value is -1.44. The molecule has 1 aliphatic rings. The van der Waals surface area contributed by atoms with E-state index >= 15 is 0 Å². The van der Waals surface area contributed by atoms with E-state index in [1.54, 1.807) is 0 Å². The van der Waals surface area contributed by atoms with E-state index < -0.39 is 0 Å². The summed E-state index contributed by atoms with van der Waals surface area (Å²) in [6, 6.07) is 5.73. The normalized spacial score (nSPS) is 18.0. The van der Waals surface area contributed by atoms with E-state index in [1.165, 1.54) is 0 Å². The number of hydrogen-bond donors (Lipinski definition) is 1. The molecule has 1 saturated heterocycles. The molecule has 1 aromatic carbocycles. The van der Waals surface area contributed by atoms with Gasteiger partial charge < -0.3 is 10.0 Å². The molecule has 4 heteroatoms. The van der Waals surface area contributed by atoms with Crippen molar-refractivity contribution < 1.29 is 9.90 Å². The third-order valence-corrected chi connectivity index (χ3v) is 4.60. The van der Waals surface area contributed by atoms with Crippen LogP contribution in [0, 0.1) is 18.8 Å². The summed E-state index contributed by atoms with van der Waals surface area (Å²) in [5.74, 6) is 6.99. The van der Waals surface area contributed by atoms with E-state index in [0.29, 0.717) is 11.7 Å². The lowest BCUT2D eigenvalue weighted by atomic mass is 10.0. The van der Waals surface area contributed by atoms with Crippen molar-refractivity contribution in [3.63, 3.8) is 0 Å². The highest BCUT2D eigenvalue weighted by molar-refractivity contribution is 7.99. The Kier molecular flexibility index (Phi) is 5.72. The molecule has 0 bridgehead atoms.